The van der Waals surface area contributed by atoms with Gasteiger partial charge in [0.05, 0.1) is 6.54 Å². The molecule has 0 saturated carbocycles. The number of pyridine rings is 1. The van der Waals surface area contributed by atoms with E-state index in [4.69, 9.17) is 16.1 Å². The maximum Gasteiger partial charge on any atom is 0.241 e. The zero-order valence-electron chi connectivity index (χ0n) is 12.1. The number of nitrogens with zero attached hydrogens (tertiary/aromatic N) is 4. The molecule has 2 heterocycles. The highest BCUT2D eigenvalue weighted by Crippen LogP contribution is 2.15. The first-order valence-corrected chi connectivity index (χ1v) is 7.25. The summed E-state index contributed by atoms with van der Waals surface area (Å²) in [6, 6.07) is 13.4. The van der Waals surface area contributed by atoms with Crippen molar-refractivity contribution in [3.8, 4) is 11.5 Å². The Morgan fingerprint density at radius 1 is 1.14 bits per heavy atom. The van der Waals surface area contributed by atoms with Crippen LogP contribution >= 0.6 is 11.6 Å². The molecule has 22 heavy (non-hydrogen) atoms. The minimum Gasteiger partial charge on any atom is -0.337 e. The van der Waals surface area contributed by atoms with E-state index in [-0.39, 0.29) is 0 Å². The lowest BCUT2D eigenvalue weighted by Crippen LogP contribution is -2.17. The molecule has 0 atom stereocenters. The van der Waals surface area contributed by atoms with Crippen LogP contribution in [-0.4, -0.2) is 27.1 Å². The Kier molecular flexibility index (Phi) is 4.46. The van der Waals surface area contributed by atoms with E-state index in [1.807, 2.05) is 49.5 Å². The number of hydrogen-bond acceptors (Lipinski definition) is 5. The first-order chi connectivity index (χ1) is 10.7. The van der Waals surface area contributed by atoms with Crippen molar-refractivity contribution in [3.63, 3.8) is 0 Å². The molecule has 0 N–H and O–H groups in total. The van der Waals surface area contributed by atoms with E-state index in [0.29, 0.717) is 24.0 Å². The second-order valence-corrected chi connectivity index (χ2v) is 5.47. The van der Waals surface area contributed by atoms with Crippen LogP contribution in [0.15, 0.2) is 53.2 Å². The Hall–Kier alpha value is -2.24. The van der Waals surface area contributed by atoms with Crippen LogP contribution in [0.5, 0.6) is 0 Å². The predicted molar refractivity (Wildman–Crippen MR) is 84.2 cm³/mol. The summed E-state index contributed by atoms with van der Waals surface area (Å²) in [4.78, 5) is 10.7. The molecule has 0 unspecified atom stereocenters. The highest BCUT2D eigenvalue weighted by atomic mass is 35.5. The zero-order valence-corrected chi connectivity index (χ0v) is 12.9. The van der Waals surface area contributed by atoms with Crippen LogP contribution in [0.25, 0.3) is 11.5 Å². The third-order valence-corrected chi connectivity index (χ3v) is 3.34. The molecule has 0 saturated heterocycles. The molecule has 0 aliphatic rings. The standard InChI is InChI=1S/C16H15ClN4O/c1-21(10-12-5-4-6-13(17)9-12)11-15-19-16(20-22-15)14-7-2-3-8-18-14/h2-9H,10-11H2,1H3. The van der Waals surface area contributed by atoms with Crippen molar-refractivity contribution < 1.29 is 4.52 Å². The van der Waals surface area contributed by atoms with Crippen molar-refractivity contribution >= 4 is 11.6 Å². The van der Waals surface area contributed by atoms with Crippen molar-refractivity contribution in [1.82, 2.24) is 20.0 Å². The fourth-order valence-corrected chi connectivity index (χ4v) is 2.36. The summed E-state index contributed by atoms with van der Waals surface area (Å²) in [5.74, 6) is 1.07. The Morgan fingerprint density at radius 2 is 2.05 bits per heavy atom. The van der Waals surface area contributed by atoms with Gasteiger partial charge in [-0.2, -0.15) is 4.98 Å². The van der Waals surface area contributed by atoms with Crippen LogP contribution in [0, 0.1) is 0 Å². The van der Waals surface area contributed by atoms with E-state index < -0.39 is 0 Å². The average Bonchev–Trinajstić information content (AvgIpc) is 2.96. The molecular formula is C16H15ClN4O. The molecule has 0 fully saturated rings. The second kappa shape index (κ2) is 6.68. The number of aromatic nitrogens is 3. The zero-order chi connectivity index (χ0) is 15.4. The van der Waals surface area contributed by atoms with Gasteiger partial charge < -0.3 is 4.52 Å². The first kappa shape index (κ1) is 14.7. The summed E-state index contributed by atoms with van der Waals surface area (Å²) in [7, 11) is 1.99. The van der Waals surface area contributed by atoms with Crippen molar-refractivity contribution in [2.75, 3.05) is 7.05 Å². The maximum atomic E-state index is 5.99. The van der Waals surface area contributed by atoms with E-state index in [1.54, 1.807) is 6.20 Å². The summed E-state index contributed by atoms with van der Waals surface area (Å²) in [6.45, 7) is 1.31. The van der Waals surface area contributed by atoms with Gasteiger partial charge in [0, 0.05) is 17.8 Å². The normalized spacial score (nSPS) is 11.0. The van der Waals surface area contributed by atoms with Crippen molar-refractivity contribution in [3.05, 3.63) is 65.1 Å². The lowest BCUT2D eigenvalue weighted by molar-refractivity contribution is 0.261. The molecule has 6 heteroatoms. The molecule has 2 aromatic heterocycles. The van der Waals surface area contributed by atoms with Crippen LogP contribution in [0.4, 0.5) is 0 Å². The van der Waals surface area contributed by atoms with Crippen LogP contribution < -0.4 is 0 Å². The minimum atomic E-state index is 0.506. The van der Waals surface area contributed by atoms with Gasteiger partial charge in [0.15, 0.2) is 0 Å². The SMILES string of the molecule is CN(Cc1cccc(Cl)c1)Cc1nc(-c2ccccn2)no1. The topological polar surface area (TPSA) is 55.1 Å². The van der Waals surface area contributed by atoms with Gasteiger partial charge in [-0.25, -0.2) is 0 Å². The quantitative estimate of drug-likeness (QED) is 0.722. The van der Waals surface area contributed by atoms with Gasteiger partial charge in [0.2, 0.25) is 11.7 Å². The predicted octanol–water partition coefficient (Wildman–Crippen LogP) is 3.42. The Labute approximate surface area is 133 Å². The largest absolute Gasteiger partial charge is 0.337 e. The van der Waals surface area contributed by atoms with Crippen molar-refractivity contribution in [2.24, 2.45) is 0 Å². The minimum absolute atomic E-state index is 0.506. The number of halogens is 1. The summed E-state index contributed by atoms with van der Waals surface area (Å²) < 4.78 is 5.28. The second-order valence-electron chi connectivity index (χ2n) is 5.03. The van der Waals surface area contributed by atoms with Gasteiger partial charge in [-0.3, -0.25) is 9.88 Å². The van der Waals surface area contributed by atoms with Gasteiger partial charge in [0.25, 0.3) is 0 Å². The third kappa shape index (κ3) is 3.69. The first-order valence-electron chi connectivity index (χ1n) is 6.88. The van der Waals surface area contributed by atoms with Gasteiger partial charge in [0.1, 0.15) is 5.69 Å². The van der Waals surface area contributed by atoms with Crippen LogP contribution in [0.2, 0.25) is 5.02 Å². The molecule has 0 radical (unpaired) electrons. The van der Waals surface area contributed by atoms with Crippen LogP contribution in [0.3, 0.4) is 0 Å². The fraction of sp³-hybridized carbons (Fsp3) is 0.188. The fourth-order valence-electron chi connectivity index (χ4n) is 2.15. The molecule has 0 amide bonds. The molecular weight excluding hydrogens is 300 g/mol. The van der Waals surface area contributed by atoms with Crippen LogP contribution in [-0.2, 0) is 13.1 Å². The van der Waals surface area contributed by atoms with E-state index >= 15 is 0 Å². The molecule has 3 aromatic rings. The molecule has 5 nitrogen and oxygen atoms in total. The molecule has 3 rings (SSSR count). The van der Waals surface area contributed by atoms with Crippen molar-refractivity contribution in [1.29, 1.82) is 0 Å². The Balaban J connectivity index is 1.65. The maximum absolute atomic E-state index is 5.99. The summed E-state index contributed by atoms with van der Waals surface area (Å²) in [5, 5.41) is 4.70. The molecule has 112 valence electrons. The Bertz CT molecular complexity index is 745. The molecule has 0 aliphatic carbocycles. The summed E-state index contributed by atoms with van der Waals surface area (Å²) in [6.07, 6.45) is 1.70. The highest BCUT2D eigenvalue weighted by Gasteiger charge is 2.11. The van der Waals surface area contributed by atoms with Gasteiger partial charge >= 0.3 is 0 Å². The van der Waals surface area contributed by atoms with Gasteiger partial charge in [-0.05, 0) is 36.9 Å². The van der Waals surface area contributed by atoms with Crippen molar-refractivity contribution in [2.45, 2.75) is 13.1 Å². The molecule has 1 aromatic carbocycles. The lowest BCUT2D eigenvalue weighted by atomic mass is 10.2. The van der Waals surface area contributed by atoms with E-state index in [0.717, 1.165) is 17.1 Å². The van der Waals surface area contributed by atoms with E-state index in [1.165, 1.54) is 0 Å². The van der Waals surface area contributed by atoms with Gasteiger partial charge in [-0.1, -0.05) is 35.0 Å². The summed E-state index contributed by atoms with van der Waals surface area (Å²) in [5.41, 5.74) is 1.84. The average molecular weight is 315 g/mol. The Morgan fingerprint density at radius 3 is 2.82 bits per heavy atom. The summed E-state index contributed by atoms with van der Waals surface area (Å²) >= 11 is 5.99. The number of benzene rings is 1. The lowest BCUT2D eigenvalue weighted by Gasteiger charge is -2.14. The third-order valence-electron chi connectivity index (χ3n) is 3.11. The number of hydrogen-bond donors (Lipinski definition) is 0. The monoisotopic (exact) mass is 314 g/mol. The van der Waals surface area contributed by atoms with E-state index in [2.05, 4.69) is 20.0 Å². The highest BCUT2D eigenvalue weighted by molar-refractivity contribution is 6.30. The van der Waals surface area contributed by atoms with E-state index in [9.17, 15) is 0 Å². The molecule has 0 bridgehead atoms. The molecule has 0 aliphatic heterocycles. The van der Waals surface area contributed by atoms with Crippen LogP contribution in [0.1, 0.15) is 11.5 Å². The smallest absolute Gasteiger partial charge is 0.241 e. The van der Waals surface area contributed by atoms with Gasteiger partial charge in [-0.15, -0.1) is 0 Å². The number of rotatable bonds is 5. The molecule has 0 spiro atoms.